The SMILES string of the molecule is CC1(C(F)(F)F)NC(=O)N(CCCCCCO)C1=O. The molecule has 1 aliphatic heterocycles. The smallest absolute Gasteiger partial charge is 0.396 e. The van der Waals surface area contributed by atoms with E-state index in [9.17, 15) is 22.8 Å². The maximum atomic E-state index is 12.7. The van der Waals surface area contributed by atoms with Gasteiger partial charge < -0.3 is 10.4 Å². The van der Waals surface area contributed by atoms with E-state index < -0.39 is 23.7 Å². The van der Waals surface area contributed by atoms with Gasteiger partial charge in [0, 0.05) is 13.2 Å². The van der Waals surface area contributed by atoms with Gasteiger partial charge in [-0.15, -0.1) is 0 Å². The second-order valence-corrected chi connectivity index (χ2v) is 4.65. The number of nitrogens with zero attached hydrogens (tertiary/aromatic N) is 1. The van der Waals surface area contributed by atoms with E-state index in [4.69, 9.17) is 5.11 Å². The predicted octanol–water partition coefficient (Wildman–Crippen LogP) is 1.41. The topological polar surface area (TPSA) is 69.6 Å². The van der Waals surface area contributed by atoms with Crippen LogP contribution in [0.15, 0.2) is 0 Å². The molecule has 1 atom stereocenters. The molecule has 8 heteroatoms. The van der Waals surface area contributed by atoms with Gasteiger partial charge in [-0.05, 0) is 19.8 Å². The number of carbonyl (C=O) groups is 2. The van der Waals surface area contributed by atoms with E-state index in [1.165, 1.54) is 0 Å². The Kier molecular flexibility index (Phi) is 4.78. The van der Waals surface area contributed by atoms with Crippen LogP contribution in [-0.4, -0.2) is 46.8 Å². The summed E-state index contributed by atoms with van der Waals surface area (Å²) in [4.78, 5) is 23.7. The second kappa shape index (κ2) is 5.77. The number of unbranched alkanes of at least 4 members (excludes halogenated alkanes) is 3. The summed E-state index contributed by atoms with van der Waals surface area (Å²) in [5.74, 6) is -1.26. The van der Waals surface area contributed by atoms with Crippen LogP contribution in [-0.2, 0) is 4.79 Å². The van der Waals surface area contributed by atoms with Gasteiger partial charge in [0.15, 0.2) is 0 Å². The summed E-state index contributed by atoms with van der Waals surface area (Å²) in [7, 11) is 0. The van der Waals surface area contributed by atoms with Crippen LogP contribution in [0.3, 0.4) is 0 Å². The molecule has 1 aliphatic rings. The minimum Gasteiger partial charge on any atom is -0.396 e. The van der Waals surface area contributed by atoms with Crippen LogP contribution >= 0.6 is 0 Å². The molecule has 5 nitrogen and oxygen atoms in total. The van der Waals surface area contributed by atoms with Crippen LogP contribution < -0.4 is 5.32 Å². The number of hydrogen-bond donors (Lipinski definition) is 2. The number of carbonyl (C=O) groups excluding carboxylic acids is 2. The Morgan fingerprint density at radius 1 is 1.21 bits per heavy atom. The number of alkyl halides is 3. The van der Waals surface area contributed by atoms with Crippen molar-refractivity contribution in [2.75, 3.05) is 13.2 Å². The van der Waals surface area contributed by atoms with Gasteiger partial charge in [0.1, 0.15) is 0 Å². The Balaban J connectivity index is 2.57. The number of halogens is 3. The zero-order valence-corrected chi connectivity index (χ0v) is 10.6. The Hall–Kier alpha value is -1.31. The number of urea groups is 1. The molecule has 0 saturated carbocycles. The highest BCUT2D eigenvalue weighted by molar-refractivity contribution is 6.07. The minimum atomic E-state index is -4.81. The molecule has 0 aromatic heterocycles. The molecule has 2 N–H and O–H groups in total. The van der Waals surface area contributed by atoms with Gasteiger partial charge in [0.25, 0.3) is 5.91 Å². The molecule has 1 unspecified atom stereocenters. The predicted molar refractivity (Wildman–Crippen MR) is 60.3 cm³/mol. The second-order valence-electron chi connectivity index (χ2n) is 4.65. The van der Waals surface area contributed by atoms with Crippen molar-refractivity contribution in [2.24, 2.45) is 0 Å². The van der Waals surface area contributed by atoms with Gasteiger partial charge in [0.05, 0.1) is 0 Å². The molecular formula is C11H17F3N2O3. The average molecular weight is 282 g/mol. The highest BCUT2D eigenvalue weighted by Crippen LogP contribution is 2.35. The first-order valence-corrected chi connectivity index (χ1v) is 6.05. The number of nitrogens with one attached hydrogen (secondary N) is 1. The number of rotatable bonds is 6. The lowest BCUT2D eigenvalue weighted by Crippen LogP contribution is -2.56. The Morgan fingerprint density at radius 2 is 1.79 bits per heavy atom. The van der Waals surface area contributed by atoms with Crippen LogP contribution in [0.4, 0.5) is 18.0 Å². The molecule has 0 aromatic carbocycles. The highest BCUT2D eigenvalue weighted by Gasteiger charge is 2.64. The molecule has 19 heavy (non-hydrogen) atoms. The molecular weight excluding hydrogens is 265 g/mol. The van der Waals surface area contributed by atoms with Gasteiger partial charge in [-0.3, -0.25) is 9.69 Å². The molecule has 0 bridgehead atoms. The largest absolute Gasteiger partial charge is 0.420 e. The monoisotopic (exact) mass is 282 g/mol. The van der Waals surface area contributed by atoms with Gasteiger partial charge >= 0.3 is 12.2 Å². The summed E-state index contributed by atoms with van der Waals surface area (Å²) < 4.78 is 38.2. The lowest BCUT2D eigenvalue weighted by Gasteiger charge is -2.24. The number of aliphatic hydroxyl groups excluding tert-OH is 1. The lowest BCUT2D eigenvalue weighted by atomic mass is 10.0. The molecule has 0 radical (unpaired) electrons. The number of aliphatic hydroxyl groups is 1. The van der Waals surface area contributed by atoms with Crippen LogP contribution in [0.1, 0.15) is 32.6 Å². The summed E-state index contributed by atoms with van der Waals surface area (Å²) in [5, 5.41) is 10.3. The van der Waals surface area contributed by atoms with E-state index in [0.717, 1.165) is 0 Å². The fourth-order valence-electron chi connectivity index (χ4n) is 1.83. The molecule has 1 saturated heterocycles. The van der Waals surface area contributed by atoms with Crippen molar-refractivity contribution in [3.05, 3.63) is 0 Å². The van der Waals surface area contributed by atoms with Gasteiger partial charge in [-0.2, -0.15) is 13.2 Å². The molecule has 3 amide bonds. The molecule has 110 valence electrons. The maximum Gasteiger partial charge on any atom is 0.420 e. The fraction of sp³-hybridized carbons (Fsp3) is 0.818. The first kappa shape index (κ1) is 15.7. The van der Waals surface area contributed by atoms with Gasteiger partial charge in [-0.25, -0.2) is 4.79 Å². The molecule has 0 aromatic rings. The van der Waals surface area contributed by atoms with Crippen molar-refractivity contribution >= 4 is 11.9 Å². The van der Waals surface area contributed by atoms with Crippen molar-refractivity contribution in [2.45, 2.75) is 44.3 Å². The fourth-order valence-corrected chi connectivity index (χ4v) is 1.83. The van der Waals surface area contributed by atoms with Crippen LogP contribution in [0.2, 0.25) is 0 Å². The molecule has 1 rings (SSSR count). The standard InChI is InChI=1S/C11H17F3N2O3/c1-10(11(12,13)14)8(18)16(9(19)15-10)6-4-2-3-5-7-17/h17H,2-7H2,1H3,(H,15,19). The van der Waals surface area contributed by atoms with E-state index in [0.29, 0.717) is 37.5 Å². The summed E-state index contributed by atoms with van der Waals surface area (Å²) in [6, 6.07) is -1.01. The van der Waals surface area contributed by atoms with Gasteiger partial charge in [-0.1, -0.05) is 12.8 Å². The molecule has 1 fully saturated rings. The molecule has 0 aliphatic carbocycles. The Bertz CT molecular complexity index is 360. The average Bonchev–Trinajstić information content (AvgIpc) is 2.52. The van der Waals surface area contributed by atoms with E-state index >= 15 is 0 Å². The summed E-state index contributed by atoms with van der Waals surface area (Å²) in [6.45, 7) is 0.677. The van der Waals surface area contributed by atoms with E-state index in [1.54, 1.807) is 5.32 Å². The van der Waals surface area contributed by atoms with Crippen molar-refractivity contribution in [3.8, 4) is 0 Å². The third-order valence-electron chi connectivity index (χ3n) is 3.13. The van der Waals surface area contributed by atoms with E-state index in [2.05, 4.69) is 0 Å². The maximum absolute atomic E-state index is 12.7. The van der Waals surface area contributed by atoms with E-state index in [1.807, 2.05) is 0 Å². The van der Waals surface area contributed by atoms with Crippen molar-refractivity contribution in [3.63, 3.8) is 0 Å². The molecule has 0 spiro atoms. The summed E-state index contributed by atoms with van der Waals surface area (Å²) >= 11 is 0. The summed E-state index contributed by atoms with van der Waals surface area (Å²) in [6.07, 6.45) is -2.45. The highest BCUT2D eigenvalue weighted by atomic mass is 19.4. The normalized spacial score (nSPS) is 23.9. The Morgan fingerprint density at radius 3 is 2.26 bits per heavy atom. The summed E-state index contributed by atoms with van der Waals surface area (Å²) in [5.41, 5.74) is -2.82. The first-order valence-electron chi connectivity index (χ1n) is 6.05. The Labute approximate surface area is 108 Å². The molecule has 1 heterocycles. The third-order valence-corrected chi connectivity index (χ3v) is 3.13. The van der Waals surface area contributed by atoms with Crippen molar-refractivity contribution in [1.29, 1.82) is 0 Å². The minimum absolute atomic E-state index is 0.0399. The van der Waals surface area contributed by atoms with Crippen LogP contribution in [0.25, 0.3) is 0 Å². The van der Waals surface area contributed by atoms with Crippen LogP contribution in [0, 0.1) is 0 Å². The quantitative estimate of drug-likeness (QED) is 0.571. The lowest BCUT2D eigenvalue weighted by molar-refractivity contribution is -0.191. The number of amides is 3. The zero-order valence-electron chi connectivity index (χ0n) is 10.6. The van der Waals surface area contributed by atoms with Gasteiger partial charge in [0.2, 0.25) is 5.54 Å². The number of hydrogen-bond acceptors (Lipinski definition) is 3. The first-order chi connectivity index (χ1) is 8.74. The van der Waals surface area contributed by atoms with E-state index in [-0.39, 0.29) is 13.2 Å². The zero-order chi connectivity index (χ0) is 14.7. The van der Waals surface area contributed by atoms with Crippen molar-refractivity contribution in [1.82, 2.24) is 10.2 Å². The third kappa shape index (κ3) is 3.17. The van der Waals surface area contributed by atoms with Crippen LogP contribution in [0.5, 0.6) is 0 Å². The number of imide groups is 1. The van der Waals surface area contributed by atoms with Crippen molar-refractivity contribution < 1.29 is 27.9 Å².